The van der Waals surface area contributed by atoms with Crippen LogP contribution in [0.3, 0.4) is 0 Å². The van der Waals surface area contributed by atoms with Gasteiger partial charge in [-0.05, 0) is 48.4 Å². The molecule has 1 N–H and O–H groups in total. The van der Waals surface area contributed by atoms with Crippen molar-refractivity contribution >= 4 is 29.2 Å². The average Bonchev–Trinajstić information content (AvgIpc) is 2.68. The first-order chi connectivity index (χ1) is 13.5. The number of carboxylic acid groups (broad SMARTS) is 1. The standard InChI is InChI=1S/C22H18Cl2O4/c23-17-8-11-21(19(24)13-17)28-20-4-2-1-3-16(20)14-27-18-9-5-15(6-10-18)7-12-22(25)26/h1-6,8-11,13H,7,12,14H2,(H,25,26). The van der Waals surface area contributed by atoms with E-state index in [1.807, 2.05) is 48.5 Å². The molecule has 0 aliphatic carbocycles. The first-order valence-corrected chi connectivity index (χ1v) is 9.41. The van der Waals surface area contributed by atoms with Gasteiger partial charge in [-0.1, -0.05) is 53.5 Å². The fourth-order valence-corrected chi connectivity index (χ4v) is 3.01. The number of hydrogen-bond acceptors (Lipinski definition) is 3. The number of hydrogen-bond donors (Lipinski definition) is 1. The molecule has 0 heterocycles. The zero-order valence-electron chi connectivity index (χ0n) is 14.9. The molecule has 0 aromatic heterocycles. The van der Waals surface area contributed by atoms with Gasteiger partial charge in [-0.2, -0.15) is 0 Å². The topological polar surface area (TPSA) is 55.8 Å². The first-order valence-electron chi connectivity index (χ1n) is 8.65. The Bertz CT molecular complexity index is 955. The normalized spacial score (nSPS) is 10.5. The molecule has 0 aliphatic rings. The lowest BCUT2D eigenvalue weighted by Crippen LogP contribution is -1.99. The summed E-state index contributed by atoms with van der Waals surface area (Å²) in [6.07, 6.45) is 0.603. The molecule has 3 aromatic carbocycles. The van der Waals surface area contributed by atoms with E-state index in [1.165, 1.54) is 0 Å². The van der Waals surface area contributed by atoms with Crippen LogP contribution in [-0.4, -0.2) is 11.1 Å². The van der Waals surface area contributed by atoms with Gasteiger partial charge < -0.3 is 14.6 Å². The molecule has 3 rings (SSSR count). The number of halogens is 2. The zero-order valence-corrected chi connectivity index (χ0v) is 16.4. The van der Waals surface area contributed by atoms with Crippen molar-refractivity contribution in [3.63, 3.8) is 0 Å². The highest BCUT2D eigenvalue weighted by Gasteiger charge is 2.09. The van der Waals surface area contributed by atoms with Crippen LogP contribution in [0.25, 0.3) is 0 Å². The van der Waals surface area contributed by atoms with Crippen molar-refractivity contribution in [3.05, 3.63) is 87.9 Å². The van der Waals surface area contributed by atoms with Crippen LogP contribution in [0, 0.1) is 0 Å². The van der Waals surface area contributed by atoms with Crippen LogP contribution in [0.15, 0.2) is 66.7 Å². The van der Waals surface area contributed by atoms with Crippen molar-refractivity contribution in [3.8, 4) is 17.2 Å². The van der Waals surface area contributed by atoms with Crippen LogP contribution in [0.1, 0.15) is 17.5 Å². The van der Waals surface area contributed by atoms with Gasteiger partial charge in [0.15, 0.2) is 0 Å². The van der Waals surface area contributed by atoms with Crippen LogP contribution in [-0.2, 0) is 17.8 Å². The maximum Gasteiger partial charge on any atom is 0.303 e. The van der Waals surface area contributed by atoms with E-state index in [9.17, 15) is 4.79 Å². The molecule has 0 saturated carbocycles. The maximum atomic E-state index is 10.6. The molecular weight excluding hydrogens is 399 g/mol. The quantitative estimate of drug-likeness (QED) is 0.462. The van der Waals surface area contributed by atoms with E-state index in [0.717, 1.165) is 11.1 Å². The van der Waals surface area contributed by atoms with Crippen molar-refractivity contribution in [2.24, 2.45) is 0 Å². The van der Waals surface area contributed by atoms with Crippen molar-refractivity contribution < 1.29 is 19.4 Å². The van der Waals surface area contributed by atoms with Crippen molar-refractivity contribution in [1.82, 2.24) is 0 Å². The third-order valence-corrected chi connectivity index (χ3v) is 4.56. The van der Waals surface area contributed by atoms with E-state index >= 15 is 0 Å². The number of ether oxygens (including phenoxy) is 2. The summed E-state index contributed by atoms with van der Waals surface area (Å²) in [4.78, 5) is 10.6. The molecule has 0 atom stereocenters. The largest absolute Gasteiger partial charge is 0.489 e. The number of carboxylic acids is 1. The van der Waals surface area contributed by atoms with Crippen molar-refractivity contribution in [2.75, 3.05) is 0 Å². The number of benzene rings is 3. The molecule has 0 bridgehead atoms. The van der Waals surface area contributed by atoms with E-state index in [4.69, 9.17) is 37.8 Å². The van der Waals surface area contributed by atoms with Gasteiger partial charge in [-0.3, -0.25) is 4.79 Å². The highest BCUT2D eigenvalue weighted by molar-refractivity contribution is 6.35. The molecule has 28 heavy (non-hydrogen) atoms. The third-order valence-electron chi connectivity index (χ3n) is 4.03. The van der Waals surface area contributed by atoms with Gasteiger partial charge in [0.05, 0.1) is 5.02 Å². The summed E-state index contributed by atoms with van der Waals surface area (Å²) in [5.41, 5.74) is 1.82. The Balaban J connectivity index is 1.66. The molecule has 0 fully saturated rings. The molecule has 0 spiro atoms. The van der Waals surface area contributed by atoms with Gasteiger partial charge in [0, 0.05) is 17.0 Å². The highest BCUT2D eigenvalue weighted by atomic mass is 35.5. The number of rotatable bonds is 8. The SMILES string of the molecule is O=C(O)CCc1ccc(OCc2ccccc2Oc2ccc(Cl)cc2Cl)cc1. The van der Waals surface area contributed by atoms with Gasteiger partial charge in [0.25, 0.3) is 0 Å². The summed E-state index contributed by atoms with van der Waals surface area (Å²) in [6.45, 7) is 0.315. The van der Waals surface area contributed by atoms with Gasteiger partial charge in [-0.15, -0.1) is 0 Å². The molecule has 6 heteroatoms. The van der Waals surface area contributed by atoms with E-state index in [0.29, 0.717) is 40.3 Å². The van der Waals surface area contributed by atoms with E-state index in [-0.39, 0.29) is 6.42 Å². The monoisotopic (exact) mass is 416 g/mol. The first kappa shape index (κ1) is 20.1. The predicted octanol–water partition coefficient (Wildman–Crippen LogP) is 6.38. The summed E-state index contributed by atoms with van der Waals surface area (Å²) < 4.78 is 11.8. The lowest BCUT2D eigenvalue weighted by atomic mass is 10.1. The maximum absolute atomic E-state index is 10.6. The lowest BCUT2D eigenvalue weighted by molar-refractivity contribution is -0.136. The minimum Gasteiger partial charge on any atom is -0.489 e. The van der Waals surface area contributed by atoms with Crippen molar-refractivity contribution in [1.29, 1.82) is 0 Å². The van der Waals surface area contributed by atoms with Crippen molar-refractivity contribution in [2.45, 2.75) is 19.4 Å². The minimum atomic E-state index is -0.808. The Morgan fingerprint density at radius 2 is 1.68 bits per heavy atom. The number of aryl methyl sites for hydroxylation is 1. The second kappa shape index (κ2) is 9.49. The highest BCUT2D eigenvalue weighted by Crippen LogP contribution is 2.33. The van der Waals surface area contributed by atoms with Gasteiger partial charge >= 0.3 is 5.97 Å². The van der Waals surface area contributed by atoms with E-state index < -0.39 is 5.97 Å². The minimum absolute atomic E-state index is 0.109. The Kier molecular flexibility index (Phi) is 6.80. The Labute approximate surface area is 173 Å². The summed E-state index contributed by atoms with van der Waals surface area (Å²) in [6, 6.07) is 20.0. The van der Waals surface area contributed by atoms with Gasteiger partial charge in [0.2, 0.25) is 0 Å². The molecule has 0 amide bonds. The lowest BCUT2D eigenvalue weighted by Gasteiger charge is -2.13. The van der Waals surface area contributed by atoms with Crippen LogP contribution in [0.4, 0.5) is 0 Å². The third kappa shape index (κ3) is 5.65. The number of para-hydroxylation sites is 1. The van der Waals surface area contributed by atoms with Crippen LogP contribution in [0.5, 0.6) is 17.2 Å². The fourth-order valence-electron chi connectivity index (χ4n) is 2.56. The Morgan fingerprint density at radius 1 is 0.929 bits per heavy atom. The number of aliphatic carboxylic acids is 1. The molecule has 3 aromatic rings. The molecule has 0 radical (unpaired) electrons. The average molecular weight is 417 g/mol. The second-order valence-electron chi connectivity index (χ2n) is 6.11. The molecule has 144 valence electrons. The van der Waals surface area contributed by atoms with Crippen LogP contribution >= 0.6 is 23.2 Å². The molecule has 0 saturated heterocycles. The Hall–Kier alpha value is -2.69. The van der Waals surface area contributed by atoms with Gasteiger partial charge in [-0.25, -0.2) is 0 Å². The van der Waals surface area contributed by atoms with E-state index in [1.54, 1.807) is 18.2 Å². The predicted molar refractivity (Wildman–Crippen MR) is 110 cm³/mol. The molecule has 0 aliphatic heterocycles. The smallest absolute Gasteiger partial charge is 0.303 e. The second-order valence-corrected chi connectivity index (χ2v) is 6.95. The van der Waals surface area contributed by atoms with E-state index in [2.05, 4.69) is 0 Å². The number of carbonyl (C=O) groups is 1. The summed E-state index contributed by atoms with van der Waals surface area (Å²) in [5.74, 6) is 1.04. The summed E-state index contributed by atoms with van der Waals surface area (Å²) in [5, 5.41) is 9.72. The van der Waals surface area contributed by atoms with Crippen LogP contribution < -0.4 is 9.47 Å². The molecular formula is C22H18Cl2O4. The zero-order chi connectivity index (χ0) is 19.9. The fraction of sp³-hybridized carbons (Fsp3) is 0.136. The van der Waals surface area contributed by atoms with Crippen LogP contribution in [0.2, 0.25) is 10.0 Å². The summed E-state index contributed by atoms with van der Waals surface area (Å²) in [7, 11) is 0. The molecule has 0 unspecified atom stereocenters. The van der Waals surface area contributed by atoms with Gasteiger partial charge in [0.1, 0.15) is 23.9 Å². The summed E-state index contributed by atoms with van der Waals surface area (Å²) >= 11 is 12.1. The molecule has 4 nitrogen and oxygen atoms in total. The Morgan fingerprint density at radius 3 is 2.39 bits per heavy atom.